The van der Waals surface area contributed by atoms with Gasteiger partial charge in [0.2, 0.25) is 0 Å². The molecule has 2 aromatic heterocycles. The summed E-state index contributed by atoms with van der Waals surface area (Å²) in [7, 11) is 0. The van der Waals surface area contributed by atoms with Crippen LogP contribution in [0, 0.1) is 22.7 Å². The molecule has 0 spiro atoms. The monoisotopic (exact) mass is 674 g/mol. The summed E-state index contributed by atoms with van der Waals surface area (Å²) < 4.78 is 0. The highest BCUT2D eigenvalue weighted by Crippen LogP contribution is 2.57. The van der Waals surface area contributed by atoms with Gasteiger partial charge < -0.3 is 0 Å². The smallest absolute Gasteiger partial charge is 0.141 e. The van der Waals surface area contributed by atoms with Gasteiger partial charge in [-0.3, -0.25) is 0 Å². The molecule has 0 saturated carbocycles. The van der Waals surface area contributed by atoms with E-state index in [0.717, 1.165) is 44.5 Å². The van der Waals surface area contributed by atoms with E-state index in [2.05, 4.69) is 168 Å². The molecule has 0 N–H and O–H groups in total. The maximum Gasteiger partial charge on any atom is 0.141 e. The molecule has 1 aliphatic carbocycles. The van der Waals surface area contributed by atoms with Gasteiger partial charge in [-0.05, 0) is 126 Å². The summed E-state index contributed by atoms with van der Waals surface area (Å²) in [4.78, 5) is 8.34. The Kier molecular flexibility index (Phi) is 7.77. The van der Waals surface area contributed by atoms with E-state index in [4.69, 9.17) is 0 Å². The van der Waals surface area contributed by atoms with Gasteiger partial charge in [-0.1, -0.05) is 121 Å². The number of nitriles is 2. The lowest BCUT2D eigenvalue weighted by atomic mass is 9.67. The molecular weight excluding hydrogens is 645 g/mol. The summed E-state index contributed by atoms with van der Waals surface area (Å²) in [6.45, 7) is 0. The Morgan fingerprint density at radius 2 is 0.736 bits per heavy atom. The molecule has 0 unspecified atom stereocenters. The van der Waals surface area contributed by atoms with Gasteiger partial charge in [0.05, 0.1) is 5.41 Å². The fourth-order valence-corrected chi connectivity index (χ4v) is 7.95. The van der Waals surface area contributed by atoms with Crippen molar-refractivity contribution in [3.8, 4) is 67.8 Å². The number of hydrogen-bond acceptors (Lipinski definition) is 4. The molecule has 0 radical (unpaired) electrons. The van der Waals surface area contributed by atoms with E-state index in [9.17, 15) is 10.5 Å². The molecular formula is C49H30N4. The molecule has 8 aromatic rings. The van der Waals surface area contributed by atoms with Crippen molar-refractivity contribution < 1.29 is 0 Å². The van der Waals surface area contributed by atoms with Gasteiger partial charge in [-0.2, -0.15) is 10.5 Å². The van der Waals surface area contributed by atoms with Crippen LogP contribution in [0.4, 0.5) is 0 Å². The number of pyridine rings is 2. The fourth-order valence-electron chi connectivity index (χ4n) is 7.95. The highest BCUT2D eigenvalue weighted by Gasteiger charge is 2.46. The van der Waals surface area contributed by atoms with Crippen molar-refractivity contribution in [2.45, 2.75) is 5.41 Å². The molecule has 9 rings (SSSR count). The standard InChI is InChI=1S/C49H30N4/c50-31-43-27-39(21-23-52-43)35-11-7-9-33(25-35)37-17-19-45-46-20-18-38(34-10-8-12-36(26-34)40-22-24-53-44(28-40)32-51)30-48(46)49(47(45)29-37,41-13-3-1-4-14-41)42-15-5-2-6-16-42/h1-30H. The average Bonchev–Trinajstić information content (AvgIpc) is 3.54. The lowest BCUT2D eigenvalue weighted by molar-refractivity contribution is 0.769. The summed E-state index contributed by atoms with van der Waals surface area (Å²) in [6, 6.07) is 64.3. The normalized spacial score (nSPS) is 12.3. The number of hydrogen-bond donors (Lipinski definition) is 0. The molecule has 0 fully saturated rings. The molecule has 53 heavy (non-hydrogen) atoms. The van der Waals surface area contributed by atoms with Crippen molar-refractivity contribution in [1.82, 2.24) is 9.97 Å². The molecule has 4 nitrogen and oxygen atoms in total. The second kappa shape index (κ2) is 13.1. The van der Waals surface area contributed by atoms with E-state index in [1.807, 2.05) is 24.3 Å². The summed E-state index contributed by atoms with van der Waals surface area (Å²) in [6.07, 6.45) is 3.38. The van der Waals surface area contributed by atoms with E-state index in [1.54, 1.807) is 12.4 Å². The summed E-state index contributed by atoms with van der Waals surface area (Å²) in [5.74, 6) is 0. The third-order valence-corrected chi connectivity index (χ3v) is 10.4. The van der Waals surface area contributed by atoms with Crippen molar-refractivity contribution in [2.75, 3.05) is 0 Å². The molecule has 0 atom stereocenters. The second-order valence-corrected chi connectivity index (χ2v) is 13.2. The molecule has 0 amide bonds. The lowest BCUT2D eigenvalue weighted by Crippen LogP contribution is -2.28. The van der Waals surface area contributed by atoms with Crippen LogP contribution in [0.15, 0.2) is 182 Å². The van der Waals surface area contributed by atoms with Gasteiger partial charge in [0, 0.05) is 12.4 Å². The Morgan fingerprint density at radius 3 is 1.13 bits per heavy atom. The number of nitrogens with zero attached hydrogens (tertiary/aromatic N) is 4. The number of rotatable bonds is 6. The van der Waals surface area contributed by atoms with E-state index >= 15 is 0 Å². The zero-order valence-electron chi connectivity index (χ0n) is 28.6. The lowest BCUT2D eigenvalue weighted by Gasteiger charge is -2.34. The summed E-state index contributed by atoms with van der Waals surface area (Å²) in [5, 5.41) is 19.0. The van der Waals surface area contributed by atoms with E-state index in [0.29, 0.717) is 11.4 Å². The first-order chi connectivity index (χ1) is 26.1. The molecule has 1 aliphatic rings. The average molecular weight is 675 g/mol. The van der Waals surface area contributed by atoms with Crippen LogP contribution in [0.5, 0.6) is 0 Å². The minimum absolute atomic E-state index is 0.398. The Hall–Kier alpha value is -7.40. The Morgan fingerprint density at radius 1 is 0.358 bits per heavy atom. The molecule has 6 aromatic carbocycles. The van der Waals surface area contributed by atoms with Crippen LogP contribution in [-0.4, -0.2) is 9.97 Å². The van der Waals surface area contributed by atoms with E-state index < -0.39 is 5.41 Å². The van der Waals surface area contributed by atoms with Gasteiger partial charge in [0.1, 0.15) is 23.5 Å². The zero-order valence-corrected chi connectivity index (χ0v) is 28.6. The van der Waals surface area contributed by atoms with Gasteiger partial charge in [-0.25, -0.2) is 9.97 Å². The van der Waals surface area contributed by atoms with Crippen molar-refractivity contribution in [3.63, 3.8) is 0 Å². The van der Waals surface area contributed by atoms with Gasteiger partial charge in [-0.15, -0.1) is 0 Å². The van der Waals surface area contributed by atoms with Gasteiger partial charge in [0.15, 0.2) is 0 Å². The molecule has 0 bridgehead atoms. The number of aromatic nitrogens is 2. The Balaban J connectivity index is 1.25. The van der Waals surface area contributed by atoms with Crippen LogP contribution in [0.1, 0.15) is 33.6 Å². The largest absolute Gasteiger partial charge is 0.246 e. The zero-order chi connectivity index (χ0) is 35.8. The van der Waals surface area contributed by atoms with Crippen LogP contribution < -0.4 is 0 Å². The minimum Gasteiger partial charge on any atom is -0.246 e. The fraction of sp³-hybridized carbons (Fsp3) is 0.0204. The topological polar surface area (TPSA) is 73.4 Å². The minimum atomic E-state index is -0.589. The third-order valence-electron chi connectivity index (χ3n) is 10.4. The highest BCUT2D eigenvalue weighted by molar-refractivity contribution is 5.90. The van der Waals surface area contributed by atoms with Crippen LogP contribution in [0.25, 0.3) is 55.6 Å². The highest BCUT2D eigenvalue weighted by atomic mass is 14.7. The van der Waals surface area contributed by atoms with E-state index in [-0.39, 0.29) is 0 Å². The predicted molar refractivity (Wildman–Crippen MR) is 211 cm³/mol. The van der Waals surface area contributed by atoms with Crippen molar-refractivity contribution >= 4 is 0 Å². The van der Waals surface area contributed by atoms with Crippen molar-refractivity contribution in [2.24, 2.45) is 0 Å². The van der Waals surface area contributed by atoms with Crippen molar-refractivity contribution in [3.05, 3.63) is 216 Å². The first kappa shape index (κ1) is 31.6. The Labute approximate surface area is 308 Å². The van der Waals surface area contributed by atoms with Crippen LogP contribution >= 0.6 is 0 Å². The summed E-state index contributed by atoms with van der Waals surface area (Å²) >= 11 is 0. The predicted octanol–water partition coefficient (Wildman–Crippen LogP) is 11.3. The molecule has 0 saturated heterocycles. The van der Waals surface area contributed by atoms with Crippen LogP contribution in [0.2, 0.25) is 0 Å². The number of fused-ring (bicyclic) bond motifs is 3. The molecule has 4 heteroatoms. The quantitative estimate of drug-likeness (QED) is 0.176. The van der Waals surface area contributed by atoms with Crippen LogP contribution in [-0.2, 0) is 5.41 Å². The van der Waals surface area contributed by atoms with E-state index in [1.165, 1.54) is 33.4 Å². The molecule has 0 aliphatic heterocycles. The maximum atomic E-state index is 9.48. The van der Waals surface area contributed by atoms with Gasteiger partial charge in [0.25, 0.3) is 0 Å². The third kappa shape index (κ3) is 5.38. The summed E-state index contributed by atoms with van der Waals surface area (Å²) in [5.41, 5.74) is 15.9. The molecule has 2 heterocycles. The molecule has 246 valence electrons. The maximum absolute atomic E-state index is 9.48. The Bertz CT molecular complexity index is 2560. The second-order valence-electron chi connectivity index (χ2n) is 13.2. The van der Waals surface area contributed by atoms with Gasteiger partial charge >= 0.3 is 0 Å². The SMILES string of the molecule is N#Cc1cc(-c2cccc(-c3ccc4c(c3)C(c3ccccc3)(c3ccccc3)c3cc(-c5cccc(-c6ccnc(C#N)c6)c5)ccc3-4)c2)ccn1. The van der Waals surface area contributed by atoms with Crippen molar-refractivity contribution in [1.29, 1.82) is 10.5 Å². The number of benzene rings is 6. The first-order valence-corrected chi connectivity index (χ1v) is 17.5. The van der Waals surface area contributed by atoms with Crippen LogP contribution in [0.3, 0.4) is 0 Å². The first-order valence-electron chi connectivity index (χ1n) is 17.5.